The van der Waals surface area contributed by atoms with E-state index in [2.05, 4.69) is 132 Å². The maximum Gasteiger partial charge on any atom is 0.0484 e. The van der Waals surface area contributed by atoms with Crippen molar-refractivity contribution in [2.75, 3.05) is 4.90 Å². The number of nitrogens with zero attached hydrogens (tertiary/aromatic N) is 1. The molecule has 0 aliphatic rings. The van der Waals surface area contributed by atoms with Gasteiger partial charge in [0.25, 0.3) is 0 Å². The number of hydrogen-bond acceptors (Lipinski definition) is 1. The number of para-hydroxylation sites is 1. The minimum absolute atomic E-state index is 0.778. The summed E-state index contributed by atoms with van der Waals surface area (Å²) in [5.41, 5.74) is 8.11. The van der Waals surface area contributed by atoms with Crippen LogP contribution >= 0.6 is 11.6 Å². The van der Waals surface area contributed by atoms with Crippen LogP contribution in [0.15, 0.2) is 146 Å². The number of benzene rings is 6. The molecule has 0 unspecified atom stereocenters. The van der Waals surface area contributed by atoms with Crippen LogP contribution in [-0.2, 0) is 0 Å². The van der Waals surface area contributed by atoms with Crippen molar-refractivity contribution in [2.45, 2.75) is 0 Å². The van der Waals surface area contributed by atoms with Gasteiger partial charge >= 0.3 is 0 Å². The molecular weight excluding hydrogens is 458 g/mol. The second kappa shape index (κ2) is 9.73. The molecule has 0 spiro atoms. The fraction of sp³-hybridized carbons (Fsp3) is 0. The van der Waals surface area contributed by atoms with Crippen LogP contribution in [-0.4, -0.2) is 0 Å². The SMILES string of the molecule is Clc1ccc(-c2ccc(N(c3ccccc3)c3ccc(-c4ccccc4)cc3)cc2)c2ccccc12. The Morgan fingerprint density at radius 2 is 0.833 bits per heavy atom. The van der Waals surface area contributed by atoms with Crippen LogP contribution in [0.4, 0.5) is 17.1 Å². The van der Waals surface area contributed by atoms with E-state index in [9.17, 15) is 0 Å². The summed E-state index contributed by atoms with van der Waals surface area (Å²) in [6.07, 6.45) is 0. The first kappa shape index (κ1) is 22.2. The van der Waals surface area contributed by atoms with Gasteiger partial charge in [-0.15, -0.1) is 0 Å². The van der Waals surface area contributed by atoms with Crippen molar-refractivity contribution in [3.8, 4) is 22.3 Å². The summed E-state index contributed by atoms with van der Waals surface area (Å²) in [5.74, 6) is 0. The van der Waals surface area contributed by atoms with Gasteiger partial charge in [0.15, 0.2) is 0 Å². The second-order valence-electron chi connectivity index (χ2n) is 8.77. The predicted molar refractivity (Wildman–Crippen MR) is 155 cm³/mol. The normalized spacial score (nSPS) is 10.9. The van der Waals surface area contributed by atoms with Crippen LogP contribution in [0.1, 0.15) is 0 Å². The predicted octanol–water partition coefficient (Wildman–Crippen LogP) is 10.3. The Morgan fingerprint density at radius 3 is 1.47 bits per heavy atom. The highest BCUT2D eigenvalue weighted by Crippen LogP contribution is 2.38. The smallest absolute Gasteiger partial charge is 0.0484 e. The molecule has 36 heavy (non-hydrogen) atoms. The Morgan fingerprint density at radius 1 is 0.361 bits per heavy atom. The molecule has 0 bridgehead atoms. The number of anilines is 3. The van der Waals surface area contributed by atoms with E-state index in [1.165, 1.54) is 22.3 Å². The Labute approximate surface area is 216 Å². The fourth-order valence-corrected chi connectivity index (χ4v) is 4.99. The van der Waals surface area contributed by atoms with Gasteiger partial charge in [-0.2, -0.15) is 0 Å². The maximum absolute atomic E-state index is 6.46. The molecule has 6 aromatic rings. The Balaban J connectivity index is 1.40. The molecule has 1 nitrogen and oxygen atoms in total. The van der Waals surface area contributed by atoms with Crippen LogP contribution in [0, 0.1) is 0 Å². The molecule has 0 aromatic heterocycles. The van der Waals surface area contributed by atoms with Crippen LogP contribution in [0.3, 0.4) is 0 Å². The molecule has 172 valence electrons. The zero-order valence-corrected chi connectivity index (χ0v) is 20.4. The third-order valence-electron chi connectivity index (χ3n) is 6.55. The third kappa shape index (κ3) is 4.26. The molecule has 6 aromatic carbocycles. The molecule has 0 N–H and O–H groups in total. The lowest BCUT2D eigenvalue weighted by Gasteiger charge is -2.26. The number of fused-ring (bicyclic) bond motifs is 1. The highest BCUT2D eigenvalue weighted by molar-refractivity contribution is 6.36. The fourth-order valence-electron chi connectivity index (χ4n) is 4.76. The summed E-state index contributed by atoms with van der Waals surface area (Å²) < 4.78 is 0. The van der Waals surface area contributed by atoms with E-state index in [0.29, 0.717) is 0 Å². The first-order valence-electron chi connectivity index (χ1n) is 12.1. The summed E-state index contributed by atoms with van der Waals surface area (Å²) in [6.45, 7) is 0. The lowest BCUT2D eigenvalue weighted by atomic mass is 9.98. The quantitative estimate of drug-likeness (QED) is 0.236. The van der Waals surface area contributed by atoms with Crippen LogP contribution in [0.5, 0.6) is 0 Å². The third-order valence-corrected chi connectivity index (χ3v) is 6.88. The molecule has 0 fully saturated rings. The van der Waals surface area contributed by atoms with E-state index in [-0.39, 0.29) is 0 Å². The summed E-state index contributed by atoms with van der Waals surface area (Å²) in [7, 11) is 0. The van der Waals surface area contributed by atoms with Gasteiger partial charge < -0.3 is 4.90 Å². The highest BCUT2D eigenvalue weighted by Gasteiger charge is 2.13. The summed E-state index contributed by atoms with van der Waals surface area (Å²) in [5, 5.41) is 3.01. The van der Waals surface area contributed by atoms with E-state index < -0.39 is 0 Å². The molecule has 6 rings (SSSR count). The van der Waals surface area contributed by atoms with Gasteiger partial charge in [-0.3, -0.25) is 0 Å². The van der Waals surface area contributed by atoms with Crippen molar-refractivity contribution in [2.24, 2.45) is 0 Å². The van der Waals surface area contributed by atoms with E-state index in [4.69, 9.17) is 11.6 Å². The van der Waals surface area contributed by atoms with Crippen molar-refractivity contribution in [3.05, 3.63) is 151 Å². The maximum atomic E-state index is 6.46. The van der Waals surface area contributed by atoms with E-state index in [0.717, 1.165) is 32.9 Å². The van der Waals surface area contributed by atoms with Crippen LogP contribution in [0.2, 0.25) is 5.02 Å². The first-order chi connectivity index (χ1) is 17.8. The van der Waals surface area contributed by atoms with E-state index in [1.54, 1.807) is 0 Å². The van der Waals surface area contributed by atoms with Crippen LogP contribution < -0.4 is 4.90 Å². The summed E-state index contributed by atoms with van der Waals surface area (Å²) >= 11 is 6.46. The molecule has 0 radical (unpaired) electrons. The molecule has 0 heterocycles. The Kier molecular flexibility index (Phi) is 5.99. The van der Waals surface area contributed by atoms with Gasteiger partial charge in [-0.25, -0.2) is 0 Å². The van der Waals surface area contributed by atoms with E-state index >= 15 is 0 Å². The number of rotatable bonds is 5. The van der Waals surface area contributed by atoms with Gasteiger partial charge in [-0.1, -0.05) is 115 Å². The topological polar surface area (TPSA) is 3.24 Å². The zero-order valence-electron chi connectivity index (χ0n) is 19.7. The van der Waals surface area contributed by atoms with Crippen molar-refractivity contribution in [1.82, 2.24) is 0 Å². The van der Waals surface area contributed by atoms with Gasteiger partial charge in [-0.05, 0) is 70.1 Å². The number of hydrogen-bond donors (Lipinski definition) is 0. The Hall–Kier alpha value is -4.33. The number of halogens is 1. The molecule has 0 aliphatic heterocycles. The van der Waals surface area contributed by atoms with Crippen molar-refractivity contribution < 1.29 is 0 Å². The lowest BCUT2D eigenvalue weighted by Crippen LogP contribution is -2.09. The molecule has 0 amide bonds. The van der Waals surface area contributed by atoms with Gasteiger partial charge in [0.2, 0.25) is 0 Å². The second-order valence-corrected chi connectivity index (χ2v) is 9.18. The first-order valence-corrected chi connectivity index (χ1v) is 12.4. The summed E-state index contributed by atoms with van der Waals surface area (Å²) in [6, 6.07) is 50.9. The largest absolute Gasteiger partial charge is 0.311 e. The molecule has 0 atom stereocenters. The molecule has 0 saturated carbocycles. The van der Waals surface area contributed by atoms with Gasteiger partial charge in [0.1, 0.15) is 0 Å². The van der Waals surface area contributed by atoms with Gasteiger partial charge in [0.05, 0.1) is 0 Å². The zero-order chi connectivity index (χ0) is 24.3. The lowest BCUT2D eigenvalue weighted by molar-refractivity contribution is 1.28. The van der Waals surface area contributed by atoms with E-state index in [1.807, 2.05) is 18.2 Å². The highest BCUT2D eigenvalue weighted by atomic mass is 35.5. The minimum atomic E-state index is 0.778. The standard InChI is InChI=1S/C34H24ClN/c35-34-24-23-31(32-13-7-8-14-33(32)34)27-17-21-30(22-18-27)36(28-11-5-2-6-12-28)29-19-15-26(16-20-29)25-9-3-1-4-10-25/h1-24H. The average molecular weight is 482 g/mol. The minimum Gasteiger partial charge on any atom is -0.311 e. The van der Waals surface area contributed by atoms with Crippen molar-refractivity contribution >= 4 is 39.4 Å². The molecule has 2 heteroatoms. The average Bonchev–Trinajstić information content (AvgIpc) is 2.96. The molecule has 0 saturated heterocycles. The van der Waals surface area contributed by atoms with Gasteiger partial charge in [0, 0.05) is 27.5 Å². The Bertz CT molecular complexity index is 1610. The molecule has 0 aliphatic carbocycles. The van der Waals surface area contributed by atoms with Crippen molar-refractivity contribution in [1.29, 1.82) is 0 Å². The van der Waals surface area contributed by atoms with Crippen LogP contribution in [0.25, 0.3) is 33.0 Å². The van der Waals surface area contributed by atoms with Crippen molar-refractivity contribution in [3.63, 3.8) is 0 Å². The summed E-state index contributed by atoms with van der Waals surface area (Å²) in [4.78, 5) is 2.29. The monoisotopic (exact) mass is 481 g/mol. The molecular formula is C34H24ClN.